The van der Waals surface area contributed by atoms with Gasteiger partial charge >= 0.3 is 0 Å². The predicted octanol–water partition coefficient (Wildman–Crippen LogP) is 10.9. The van der Waals surface area contributed by atoms with Crippen molar-refractivity contribution >= 4 is 0 Å². The van der Waals surface area contributed by atoms with Crippen LogP contribution in [0.5, 0.6) is 0 Å². The van der Waals surface area contributed by atoms with Gasteiger partial charge in [-0.15, -0.1) is 0 Å². The van der Waals surface area contributed by atoms with E-state index in [1.165, 1.54) is 33.4 Å². The lowest BCUT2D eigenvalue weighted by molar-refractivity contribution is 0.735. The summed E-state index contributed by atoms with van der Waals surface area (Å²) in [4.78, 5) is 15.3. The molecule has 3 heteroatoms. The summed E-state index contributed by atoms with van der Waals surface area (Å²) in [5.74, 6) is 0.698. The van der Waals surface area contributed by atoms with E-state index in [1.807, 2.05) is 24.4 Å². The van der Waals surface area contributed by atoms with Crippen LogP contribution in [0.4, 0.5) is 0 Å². The molecule has 2 aromatic heterocycles. The van der Waals surface area contributed by atoms with E-state index in [1.54, 1.807) is 0 Å². The molecule has 0 N–H and O–H groups in total. The summed E-state index contributed by atoms with van der Waals surface area (Å²) in [5.41, 5.74) is 13.7. The molecule has 0 saturated heterocycles. The standard InChI is InChI=1S/C46H31N3/c1-4-14-32(15-5-1)33-23-25-35(26-24-33)45-48-42(34-16-6-2-7-17-34)31-43(49-45)36-27-28-41-39(30-36)38-20-10-11-21-40(38)46(41,37-18-8-3-9-19-37)44-22-12-13-29-47-44/h1-31H/t46-/m1/s1. The third-order valence-corrected chi connectivity index (χ3v) is 9.64. The fourth-order valence-electron chi connectivity index (χ4n) is 7.37. The second-order valence-electron chi connectivity index (χ2n) is 12.4. The summed E-state index contributed by atoms with van der Waals surface area (Å²) in [6.45, 7) is 0. The largest absolute Gasteiger partial charge is 0.260 e. The molecule has 0 bridgehead atoms. The summed E-state index contributed by atoms with van der Waals surface area (Å²) in [7, 11) is 0. The highest BCUT2D eigenvalue weighted by Crippen LogP contribution is 2.56. The molecule has 0 unspecified atom stereocenters. The molecule has 0 fully saturated rings. The average molecular weight is 626 g/mol. The molecule has 0 amide bonds. The first-order valence-corrected chi connectivity index (χ1v) is 16.6. The van der Waals surface area contributed by atoms with Gasteiger partial charge in [-0.2, -0.15) is 0 Å². The molecule has 8 aromatic rings. The first-order valence-electron chi connectivity index (χ1n) is 16.6. The van der Waals surface area contributed by atoms with Crippen molar-refractivity contribution in [2.45, 2.75) is 5.41 Å². The maximum atomic E-state index is 5.21. The molecule has 1 aliphatic carbocycles. The summed E-state index contributed by atoms with van der Waals surface area (Å²) < 4.78 is 0. The summed E-state index contributed by atoms with van der Waals surface area (Å²) in [6.07, 6.45) is 1.90. The van der Waals surface area contributed by atoms with Crippen molar-refractivity contribution < 1.29 is 0 Å². The number of rotatable bonds is 6. The van der Waals surface area contributed by atoms with Crippen molar-refractivity contribution in [3.8, 4) is 56.2 Å². The number of nitrogens with zero attached hydrogens (tertiary/aromatic N) is 3. The van der Waals surface area contributed by atoms with Crippen LogP contribution >= 0.6 is 0 Å². The van der Waals surface area contributed by atoms with E-state index in [0.717, 1.165) is 39.3 Å². The minimum Gasteiger partial charge on any atom is -0.260 e. The minimum atomic E-state index is -0.542. The Bertz CT molecular complexity index is 2370. The highest BCUT2D eigenvalue weighted by Gasteiger charge is 2.47. The van der Waals surface area contributed by atoms with Crippen molar-refractivity contribution in [2.75, 3.05) is 0 Å². The topological polar surface area (TPSA) is 38.7 Å². The lowest BCUT2D eigenvalue weighted by Gasteiger charge is -2.32. The number of aromatic nitrogens is 3. The number of benzene rings is 6. The zero-order valence-electron chi connectivity index (χ0n) is 26.7. The number of pyridine rings is 1. The van der Waals surface area contributed by atoms with Crippen LogP contribution in [0.25, 0.3) is 56.2 Å². The van der Waals surface area contributed by atoms with Crippen LogP contribution in [-0.2, 0) is 5.41 Å². The molecular formula is C46H31N3. The Labute approximate surface area is 286 Å². The van der Waals surface area contributed by atoms with Crippen LogP contribution < -0.4 is 0 Å². The zero-order chi connectivity index (χ0) is 32.6. The molecular weight excluding hydrogens is 595 g/mol. The van der Waals surface area contributed by atoms with Crippen LogP contribution in [0.15, 0.2) is 188 Å². The van der Waals surface area contributed by atoms with E-state index in [2.05, 4.69) is 164 Å². The molecule has 2 heterocycles. The van der Waals surface area contributed by atoms with E-state index in [9.17, 15) is 0 Å². The van der Waals surface area contributed by atoms with Gasteiger partial charge in [-0.05, 0) is 63.2 Å². The maximum Gasteiger partial charge on any atom is 0.160 e. The first kappa shape index (κ1) is 28.7. The molecule has 0 aliphatic heterocycles. The zero-order valence-corrected chi connectivity index (χ0v) is 26.7. The Hall–Kier alpha value is -6.45. The summed E-state index contributed by atoms with van der Waals surface area (Å²) in [6, 6.07) is 64.0. The van der Waals surface area contributed by atoms with Gasteiger partial charge in [-0.1, -0.05) is 158 Å². The van der Waals surface area contributed by atoms with E-state index < -0.39 is 5.41 Å². The van der Waals surface area contributed by atoms with E-state index >= 15 is 0 Å². The predicted molar refractivity (Wildman–Crippen MR) is 199 cm³/mol. The van der Waals surface area contributed by atoms with Gasteiger partial charge in [-0.3, -0.25) is 4.98 Å². The summed E-state index contributed by atoms with van der Waals surface area (Å²) in [5, 5.41) is 0. The van der Waals surface area contributed by atoms with Gasteiger partial charge in [0.05, 0.1) is 22.5 Å². The van der Waals surface area contributed by atoms with Crippen LogP contribution in [0.3, 0.4) is 0 Å². The summed E-state index contributed by atoms with van der Waals surface area (Å²) >= 11 is 0. The fourth-order valence-corrected chi connectivity index (χ4v) is 7.37. The van der Waals surface area contributed by atoms with Gasteiger partial charge < -0.3 is 0 Å². The first-order chi connectivity index (χ1) is 24.3. The van der Waals surface area contributed by atoms with Crippen LogP contribution in [0.2, 0.25) is 0 Å². The molecule has 1 atom stereocenters. The second kappa shape index (κ2) is 12.0. The average Bonchev–Trinajstić information content (AvgIpc) is 3.49. The third-order valence-electron chi connectivity index (χ3n) is 9.64. The fraction of sp³-hybridized carbons (Fsp3) is 0.0217. The molecule has 0 radical (unpaired) electrons. The van der Waals surface area contributed by atoms with Gasteiger partial charge in [0.1, 0.15) is 0 Å². The maximum absolute atomic E-state index is 5.21. The molecule has 230 valence electrons. The second-order valence-corrected chi connectivity index (χ2v) is 12.4. The normalized spacial score (nSPS) is 14.6. The van der Waals surface area contributed by atoms with Gasteiger partial charge in [0.15, 0.2) is 5.82 Å². The van der Waals surface area contributed by atoms with Gasteiger partial charge in [0.2, 0.25) is 0 Å². The van der Waals surface area contributed by atoms with Crippen molar-refractivity contribution in [3.63, 3.8) is 0 Å². The Morgan fingerprint density at radius 3 is 1.63 bits per heavy atom. The molecule has 49 heavy (non-hydrogen) atoms. The van der Waals surface area contributed by atoms with Crippen LogP contribution in [0, 0.1) is 0 Å². The quantitative estimate of drug-likeness (QED) is 0.185. The molecule has 3 nitrogen and oxygen atoms in total. The van der Waals surface area contributed by atoms with Crippen molar-refractivity contribution in [1.29, 1.82) is 0 Å². The monoisotopic (exact) mass is 625 g/mol. The van der Waals surface area contributed by atoms with Gasteiger partial charge in [-0.25, -0.2) is 9.97 Å². The SMILES string of the molecule is c1ccc(-c2ccc(-c3nc(-c4ccccc4)cc(-c4ccc5c(c4)-c4ccccc4[C@@]5(c4ccccc4)c4ccccn4)n3)cc2)cc1. The number of hydrogen-bond donors (Lipinski definition) is 0. The van der Waals surface area contributed by atoms with Gasteiger partial charge in [0, 0.05) is 22.9 Å². The highest BCUT2D eigenvalue weighted by atomic mass is 14.9. The molecule has 9 rings (SSSR count). The minimum absolute atomic E-state index is 0.542. The van der Waals surface area contributed by atoms with E-state index in [0.29, 0.717) is 5.82 Å². The lowest BCUT2D eigenvalue weighted by atomic mass is 9.70. The van der Waals surface area contributed by atoms with E-state index in [4.69, 9.17) is 15.0 Å². The van der Waals surface area contributed by atoms with Crippen molar-refractivity contribution in [1.82, 2.24) is 15.0 Å². The smallest absolute Gasteiger partial charge is 0.160 e. The van der Waals surface area contributed by atoms with Crippen LogP contribution in [0.1, 0.15) is 22.4 Å². The lowest BCUT2D eigenvalue weighted by Crippen LogP contribution is -2.29. The number of hydrogen-bond acceptors (Lipinski definition) is 3. The Kier molecular flexibility index (Phi) is 7.02. The Morgan fingerprint density at radius 1 is 0.367 bits per heavy atom. The Morgan fingerprint density at radius 2 is 0.918 bits per heavy atom. The van der Waals surface area contributed by atoms with Gasteiger partial charge in [0.25, 0.3) is 0 Å². The molecule has 6 aromatic carbocycles. The van der Waals surface area contributed by atoms with Crippen molar-refractivity contribution in [2.24, 2.45) is 0 Å². The number of fused-ring (bicyclic) bond motifs is 3. The molecule has 0 spiro atoms. The molecule has 0 saturated carbocycles. The highest BCUT2D eigenvalue weighted by molar-refractivity contribution is 5.88. The third kappa shape index (κ3) is 4.87. The van der Waals surface area contributed by atoms with E-state index in [-0.39, 0.29) is 0 Å². The van der Waals surface area contributed by atoms with Crippen LogP contribution in [-0.4, -0.2) is 15.0 Å². The molecule has 1 aliphatic rings. The Balaban J connectivity index is 1.23. The van der Waals surface area contributed by atoms with Crippen molar-refractivity contribution in [3.05, 3.63) is 211 Å².